The van der Waals surface area contributed by atoms with Gasteiger partial charge in [0.2, 0.25) is 5.71 Å². The second kappa shape index (κ2) is 5.03. The van der Waals surface area contributed by atoms with E-state index in [9.17, 15) is 0 Å². The van der Waals surface area contributed by atoms with Crippen molar-refractivity contribution in [2.75, 3.05) is 0 Å². The Kier molecular flexibility index (Phi) is 3.09. The van der Waals surface area contributed by atoms with Gasteiger partial charge in [0.1, 0.15) is 5.58 Å². The molecule has 4 heteroatoms. The van der Waals surface area contributed by atoms with Crippen LogP contribution in [0.5, 0.6) is 0 Å². The summed E-state index contributed by atoms with van der Waals surface area (Å²) < 4.78 is 5.78. The molecule has 4 rings (SSSR count). The molecule has 23 heavy (non-hydrogen) atoms. The first kappa shape index (κ1) is 14.1. The Hall–Kier alpha value is -2.46. The van der Waals surface area contributed by atoms with Crippen molar-refractivity contribution in [3.05, 3.63) is 54.9 Å². The molecule has 0 bridgehead atoms. The van der Waals surface area contributed by atoms with Gasteiger partial charge in [0.15, 0.2) is 0 Å². The average molecular weight is 318 g/mol. The zero-order valence-corrected chi connectivity index (χ0v) is 14.5. The zero-order chi connectivity index (χ0) is 16.0. The fourth-order valence-electron chi connectivity index (χ4n) is 2.78. The van der Waals surface area contributed by atoms with Crippen molar-refractivity contribution in [3.63, 3.8) is 0 Å². The number of furan rings is 1. The lowest BCUT2D eigenvalue weighted by Crippen LogP contribution is -2.37. The van der Waals surface area contributed by atoms with Crippen LogP contribution in [-0.2, 0) is 0 Å². The molecular formula is C19H18N2OSi. The van der Waals surface area contributed by atoms with E-state index >= 15 is 0 Å². The molecule has 0 aliphatic heterocycles. The van der Waals surface area contributed by atoms with Gasteiger partial charge in [-0.1, -0.05) is 25.7 Å². The summed E-state index contributed by atoms with van der Waals surface area (Å²) in [5, 5.41) is 3.50. The van der Waals surface area contributed by atoms with Crippen LogP contribution < -0.4 is 5.19 Å². The third kappa shape index (κ3) is 2.45. The van der Waals surface area contributed by atoms with E-state index in [0.29, 0.717) is 5.71 Å². The Labute approximate surface area is 136 Å². The Morgan fingerprint density at radius 3 is 2.52 bits per heavy atom. The van der Waals surface area contributed by atoms with E-state index in [4.69, 9.17) is 4.42 Å². The van der Waals surface area contributed by atoms with E-state index < -0.39 is 8.07 Å². The minimum Gasteiger partial charge on any atom is -0.438 e. The number of hydrogen-bond donors (Lipinski definition) is 0. The van der Waals surface area contributed by atoms with Gasteiger partial charge in [-0.25, -0.2) is 4.98 Å². The average Bonchev–Trinajstić information content (AvgIpc) is 2.92. The summed E-state index contributed by atoms with van der Waals surface area (Å²) in [5.74, 6) is 0. The highest BCUT2D eigenvalue weighted by Gasteiger charge is 2.16. The number of nitrogens with zero attached hydrogens (tertiary/aromatic N) is 2. The lowest BCUT2D eigenvalue weighted by Gasteiger charge is -2.16. The number of fused-ring (bicyclic) bond motifs is 3. The monoisotopic (exact) mass is 318 g/mol. The molecule has 3 aromatic heterocycles. The summed E-state index contributed by atoms with van der Waals surface area (Å²) >= 11 is 0. The molecule has 3 nitrogen and oxygen atoms in total. The molecular weight excluding hydrogens is 300 g/mol. The van der Waals surface area contributed by atoms with Crippen molar-refractivity contribution in [3.8, 4) is 11.3 Å². The number of hydrogen-bond acceptors (Lipinski definition) is 3. The summed E-state index contributed by atoms with van der Waals surface area (Å²) in [6.45, 7) is 7.00. The Bertz CT molecular complexity index is 997. The van der Waals surface area contributed by atoms with Gasteiger partial charge in [0.05, 0.1) is 13.8 Å². The molecule has 0 aliphatic carbocycles. The minimum atomic E-state index is -1.31. The number of pyridine rings is 2. The van der Waals surface area contributed by atoms with Gasteiger partial charge in [-0.3, -0.25) is 4.98 Å². The fourth-order valence-corrected chi connectivity index (χ4v) is 3.81. The predicted molar refractivity (Wildman–Crippen MR) is 97.7 cm³/mol. The predicted octanol–water partition coefficient (Wildman–Crippen LogP) is 4.59. The zero-order valence-electron chi connectivity index (χ0n) is 13.5. The highest BCUT2D eigenvalue weighted by molar-refractivity contribution is 6.88. The molecule has 0 fully saturated rings. The summed E-state index contributed by atoms with van der Waals surface area (Å²) in [4.78, 5) is 8.96. The summed E-state index contributed by atoms with van der Waals surface area (Å²) in [6.07, 6.45) is 3.78. The SMILES string of the molecule is C[Si](C)(C)c1ccc(-c2ccc3oc4ncccc4c3c2)nc1. The van der Waals surface area contributed by atoms with Gasteiger partial charge in [-0.05, 0) is 41.6 Å². The van der Waals surface area contributed by atoms with Crippen LogP contribution in [0.1, 0.15) is 0 Å². The van der Waals surface area contributed by atoms with Crippen LogP contribution in [0.2, 0.25) is 19.6 Å². The maximum atomic E-state index is 5.78. The topological polar surface area (TPSA) is 38.9 Å². The molecule has 0 amide bonds. The first-order valence-corrected chi connectivity index (χ1v) is 11.3. The molecule has 0 saturated carbocycles. The summed E-state index contributed by atoms with van der Waals surface area (Å²) in [6, 6.07) is 14.5. The highest BCUT2D eigenvalue weighted by atomic mass is 28.3. The van der Waals surface area contributed by atoms with Gasteiger partial charge in [0, 0.05) is 28.7 Å². The lowest BCUT2D eigenvalue weighted by atomic mass is 10.1. The molecule has 0 atom stereocenters. The quantitative estimate of drug-likeness (QED) is 0.507. The molecule has 0 N–H and O–H groups in total. The van der Waals surface area contributed by atoms with Gasteiger partial charge < -0.3 is 4.42 Å². The van der Waals surface area contributed by atoms with Crippen LogP contribution in [0.3, 0.4) is 0 Å². The van der Waals surface area contributed by atoms with Crippen molar-refractivity contribution in [1.29, 1.82) is 0 Å². The molecule has 3 heterocycles. The lowest BCUT2D eigenvalue weighted by molar-refractivity contribution is 0.654. The number of benzene rings is 1. The van der Waals surface area contributed by atoms with E-state index in [1.54, 1.807) is 6.20 Å². The van der Waals surface area contributed by atoms with E-state index in [2.05, 4.69) is 53.9 Å². The second-order valence-electron chi connectivity index (χ2n) is 6.85. The minimum absolute atomic E-state index is 0.682. The van der Waals surface area contributed by atoms with Crippen LogP contribution in [0, 0.1) is 0 Å². The van der Waals surface area contributed by atoms with Crippen LogP contribution >= 0.6 is 0 Å². The van der Waals surface area contributed by atoms with Crippen molar-refractivity contribution in [1.82, 2.24) is 9.97 Å². The Balaban J connectivity index is 1.84. The molecule has 0 radical (unpaired) electrons. The Morgan fingerprint density at radius 2 is 1.78 bits per heavy atom. The molecule has 1 aromatic carbocycles. The van der Waals surface area contributed by atoms with Crippen LogP contribution in [0.15, 0.2) is 59.3 Å². The largest absolute Gasteiger partial charge is 0.438 e. The normalized spacial score (nSPS) is 12.1. The molecule has 0 unspecified atom stereocenters. The fraction of sp³-hybridized carbons (Fsp3) is 0.158. The van der Waals surface area contributed by atoms with E-state index in [0.717, 1.165) is 27.6 Å². The van der Waals surface area contributed by atoms with Crippen molar-refractivity contribution < 1.29 is 4.42 Å². The third-order valence-corrected chi connectivity index (χ3v) is 6.20. The number of rotatable bonds is 2. The molecule has 0 saturated heterocycles. The standard InChI is InChI=1S/C19H18N2OSi/c1-23(2,3)14-7-8-17(21-12-14)13-6-9-18-16(11-13)15-5-4-10-20-19(15)22-18/h4-12H,1-3H3. The van der Waals surface area contributed by atoms with Gasteiger partial charge in [-0.15, -0.1) is 0 Å². The molecule has 114 valence electrons. The van der Waals surface area contributed by atoms with Crippen molar-refractivity contribution >= 4 is 35.3 Å². The maximum Gasteiger partial charge on any atom is 0.227 e. The van der Waals surface area contributed by atoms with Crippen molar-refractivity contribution in [2.45, 2.75) is 19.6 Å². The van der Waals surface area contributed by atoms with Crippen LogP contribution in [0.4, 0.5) is 0 Å². The van der Waals surface area contributed by atoms with Crippen molar-refractivity contribution in [2.24, 2.45) is 0 Å². The second-order valence-corrected chi connectivity index (χ2v) is 11.9. The summed E-state index contributed by atoms with van der Waals surface area (Å²) in [7, 11) is -1.31. The van der Waals surface area contributed by atoms with Crippen LogP contribution in [0.25, 0.3) is 33.3 Å². The summed E-state index contributed by atoms with van der Waals surface area (Å²) in [5.41, 5.74) is 3.64. The van der Waals surface area contributed by atoms with Gasteiger partial charge in [-0.2, -0.15) is 0 Å². The smallest absolute Gasteiger partial charge is 0.227 e. The first-order chi connectivity index (χ1) is 11.0. The molecule has 4 aromatic rings. The molecule has 0 aliphatic rings. The van der Waals surface area contributed by atoms with E-state index in [1.807, 2.05) is 24.4 Å². The first-order valence-electron chi connectivity index (χ1n) is 7.76. The third-order valence-electron chi connectivity index (χ3n) is 4.17. The number of aromatic nitrogens is 2. The Morgan fingerprint density at radius 1 is 0.913 bits per heavy atom. The maximum absolute atomic E-state index is 5.78. The van der Waals surface area contributed by atoms with Gasteiger partial charge in [0.25, 0.3) is 0 Å². The van der Waals surface area contributed by atoms with Crippen LogP contribution in [-0.4, -0.2) is 18.0 Å². The highest BCUT2D eigenvalue weighted by Crippen LogP contribution is 2.30. The van der Waals surface area contributed by atoms with Gasteiger partial charge >= 0.3 is 0 Å². The van der Waals surface area contributed by atoms with E-state index in [1.165, 1.54) is 5.19 Å². The van der Waals surface area contributed by atoms with E-state index in [-0.39, 0.29) is 0 Å². The molecule has 0 spiro atoms.